The van der Waals surface area contributed by atoms with Gasteiger partial charge >= 0.3 is 0 Å². The van der Waals surface area contributed by atoms with E-state index in [4.69, 9.17) is 4.74 Å². The molecular formula is C19H13FN2O2S. The smallest absolute Gasteiger partial charge is 0.194 e. The molecule has 2 aromatic carbocycles. The van der Waals surface area contributed by atoms with E-state index < -0.39 is 5.82 Å². The van der Waals surface area contributed by atoms with Gasteiger partial charge in [-0.05, 0) is 23.8 Å². The van der Waals surface area contributed by atoms with E-state index in [1.54, 1.807) is 22.7 Å². The summed E-state index contributed by atoms with van der Waals surface area (Å²) in [7, 11) is 0. The summed E-state index contributed by atoms with van der Waals surface area (Å²) in [4.78, 5) is 16.5. The molecular weight excluding hydrogens is 339 g/mol. The van der Waals surface area contributed by atoms with Crippen LogP contribution in [0, 0.1) is 5.82 Å². The molecule has 0 unspecified atom stereocenters. The molecule has 4 nitrogen and oxygen atoms in total. The molecule has 4 aromatic rings. The molecule has 6 heteroatoms. The fourth-order valence-electron chi connectivity index (χ4n) is 2.63. The number of carbonyl (C=O) groups is 1. The second kappa shape index (κ2) is 6.49. The zero-order valence-electron chi connectivity index (χ0n) is 13.1. The summed E-state index contributed by atoms with van der Waals surface area (Å²) in [6, 6.07) is 14.2. The number of hydrogen-bond donors (Lipinski definition) is 0. The maximum Gasteiger partial charge on any atom is 0.194 e. The Kier molecular flexibility index (Phi) is 4.03. The molecule has 0 aliphatic carbocycles. The standard InChI is InChI=1S/C19H13FN2O2S/c20-15-10-14(18-16(11-23)22-8-9-25-19(22)21-18)6-7-17(15)24-12-13-4-2-1-3-5-13/h1-11H,12H2. The summed E-state index contributed by atoms with van der Waals surface area (Å²) >= 11 is 1.42. The van der Waals surface area contributed by atoms with Gasteiger partial charge in [0, 0.05) is 17.1 Å². The second-order valence-corrected chi connectivity index (χ2v) is 6.31. The quantitative estimate of drug-likeness (QED) is 0.493. The van der Waals surface area contributed by atoms with Crippen molar-refractivity contribution < 1.29 is 13.9 Å². The largest absolute Gasteiger partial charge is 0.486 e. The van der Waals surface area contributed by atoms with Crippen molar-refractivity contribution in [1.29, 1.82) is 0 Å². The third-order valence-corrected chi connectivity index (χ3v) is 4.61. The van der Waals surface area contributed by atoms with Gasteiger partial charge in [0.25, 0.3) is 0 Å². The van der Waals surface area contributed by atoms with E-state index in [-0.39, 0.29) is 12.4 Å². The van der Waals surface area contributed by atoms with Crippen LogP contribution in [-0.2, 0) is 6.61 Å². The summed E-state index contributed by atoms with van der Waals surface area (Å²) < 4.78 is 21.7. The lowest BCUT2D eigenvalue weighted by molar-refractivity contribution is 0.111. The lowest BCUT2D eigenvalue weighted by atomic mass is 10.1. The van der Waals surface area contributed by atoms with Crippen molar-refractivity contribution in [2.75, 3.05) is 0 Å². The highest BCUT2D eigenvalue weighted by atomic mass is 32.1. The Hall–Kier alpha value is -2.99. The zero-order valence-corrected chi connectivity index (χ0v) is 13.9. The number of fused-ring (bicyclic) bond motifs is 1. The predicted octanol–water partition coefficient (Wildman–Crippen LogP) is 4.59. The number of imidazole rings is 1. The van der Waals surface area contributed by atoms with Gasteiger partial charge in [-0.2, -0.15) is 0 Å². The van der Waals surface area contributed by atoms with Crippen LogP contribution in [0.2, 0.25) is 0 Å². The Bertz CT molecular complexity index is 1040. The van der Waals surface area contributed by atoms with Gasteiger partial charge in [0.05, 0.1) is 0 Å². The van der Waals surface area contributed by atoms with E-state index >= 15 is 0 Å². The van der Waals surface area contributed by atoms with Crippen LogP contribution in [0.3, 0.4) is 0 Å². The van der Waals surface area contributed by atoms with E-state index in [0.29, 0.717) is 21.9 Å². The van der Waals surface area contributed by atoms with Crippen molar-refractivity contribution in [1.82, 2.24) is 9.38 Å². The molecule has 0 saturated carbocycles. The molecule has 0 spiro atoms. The van der Waals surface area contributed by atoms with Gasteiger partial charge in [-0.1, -0.05) is 30.3 Å². The average Bonchev–Trinajstić information content (AvgIpc) is 3.22. The average molecular weight is 352 g/mol. The Balaban J connectivity index is 1.62. The van der Waals surface area contributed by atoms with E-state index in [9.17, 15) is 9.18 Å². The summed E-state index contributed by atoms with van der Waals surface area (Å²) in [5.41, 5.74) is 2.38. The van der Waals surface area contributed by atoms with Crippen molar-refractivity contribution in [2.45, 2.75) is 6.61 Å². The van der Waals surface area contributed by atoms with Gasteiger partial charge in [-0.3, -0.25) is 9.20 Å². The molecule has 124 valence electrons. The van der Waals surface area contributed by atoms with Gasteiger partial charge in [0.1, 0.15) is 18.0 Å². The number of thiazole rings is 1. The van der Waals surface area contributed by atoms with Crippen LogP contribution >= 0.6 is 11.3 Å². The zero-order chi connectivity index (χ0) is 17.2. The molecule has 2 heterocycles. The first kappa shape index (κ1) is 15.5. The Morgan fingerprint density at radius 1 is 1.20 bits per heavy atom. The number of aldehydes is 1. The van der Waals surface area contributed by atoms with Crippen LogP contribution in [0.25, 0.3) is 16.2 Å². The maximum atomic E-state index is 14.4. The number of nitrogens with zero attached hydrogens (tertiary/aromatic N) is 2. The summed E-state index contributed by atoms with van der Waals surface area (Å²) in [6.45, 7) is 0.289. The monoisotopic (exact) mass is 352 g/mol. The number of aromatic nitrogens is 2. The highest BCUT2D eigenvalue weighted by Crippen LogP contribution is 2.29. The van der Waals surface area contributed by atoms with Crippen LogP contribution < -0.4 is 4.74 Å². The summed E-state index contributed by atoms with van der Waals surface area (Å²) in [5, 5.41) is 1.85. The molecule has 0 fully saturated rings. The third-order valence-electron chi connectivity index (χ3n) is 3.85. The highest BCUT2D eigenvalue weighted by molar-refractivity contribution is 7.15. The molecule has 2 aromatic heterocycles. The van der Waals surface area contributed by atoms with Crippen LogP contribution in [0.4, 0.5) is 4.39 Å². The van der Waals surface area contributed by atoms with Gasteiger partial charge < -0.3 is 4.74 Å². The molecule has 0 saturated heterocycles. The van der Waals surface area contributed by atoms with Crippen LogP contribution in [0.5, 0.6) is 5.75 Å². The van der Waals surface area contributed by atoms with Crippen LogP contribution in [0.15, 0.2) is 60.1 Å². The number of carbonyl (C=O) groups excluding carboxylic acids is 1. The maximum absolute atomic E-state index is 14.4. The molecule has 0 aliphatic rings. The van der Waals surface area contributed by atoms with Crippen molar-refractivity contribution >= 4 is 22.6 Å². The van der Waals surface area contributed by atoms with Crippen molar-refractivity contribution in [3.8, 4) is 17.0 Å². The Morgan fingerprint density at radius 3 is 2.80 bits per heavy atom. The van der Waals surface area contributed by atoms with E-state index in [1.165, 1.54) is 17.4 Å². The van der Waals surface area contributed by atoms with Crippen molar-refractivity contribution in [3.63, 3.8) is 0 Å². The number of rotatable bonds is 5. The first-order valence-electron chi connectivity index (χ1n) is 7.63. The lowest BCUT2D eigenvalue weighted by Gasteiger charge is -2.08. The molecule has 0 N–H and O–H groups in total. The lowest BCUT2D eigenvalue weighted by Crippen LogP contribution is -1.98. The normalized spacial score (nSPS) is 10.9. The Labute approximate surface area is 147 Å². The minimum Gasteiger partial charge on any atom is -0.486 e. The predicted molar refractivity (Wildman–Crippen MR) is 94.6 cm³/mol. The molecule has 0 atom stereocenters. The summed E-state index contributed by atoms with van der Waals surface area (Å²) in [5.74, 6) is -0.317. The molecule has 4 rings (SSSR count). The molecule has 0 radical (unpaired) electrons. The molecule has 25 heavy (non-hydrogen) atoms. The van der Waals surface area contributed by atoms with Gasteiger partial charge in [-0.15, -0.1) is 11.3 Å². The van der Waals surface area contributed by atoms with Crippen LogP contribution in [0.1, 0.15) is 16.1 Å². The number of benzene rings is 2. The topological polar surface area (TPSA) is 43.6 Å². The van der Waals surface area contributed by atoms with E-state index in [0.717, 1.165) is 11.8 Å². The Morgan fingerprint density at radius 2 is 2.04 bits per heavy atom. The second-order valence-electron chi connectivity index (χ2n) is 5.44. The SMILES string of the molecule is O=Cc1c(-c2ccc(OCc3ccccc3)c(F)c2)nc2sccn12. The minimum atomic E-state index is -0.485. The third kappa shape index (κ3) is 2.92. The fourth-order valence-corrected chi connectivity index (χ4v) is 3.35. The number of ether oxygens (including phenoxy) is 1. The van der Waals surface area contributed by atoms with Gasteiger partial charge in [0.2, 0.25) is 0 Å². The van der Waals surface area contributed by atoms with E-state index in [2.05, 4.69) is 4.98 Å². The number of hydrogen-bond acceptors (Lipinski definition) is 4. The van der Waals surface area contributed by atoms with Gasteiger partial charge in [0.15, 0.2) is 22.8 Å². The fraction of sp³-hybridized carbons (Fsp3) is 0.0526. The summed E-state index contributed by atoms with van der Waals surface area (Å²) in [6.07, 6.45) is 2.51. The first-order chi connectivity index (χ1) is 12.3. The molecule has 0 bridgehead atoms. The first-order valence-corrected chi connectivity index (χ1v) is 8.51. The minimum absolute atomic E-state index is 0.168. The van der Waals surface area contributed by atoms with Crippen molar-refractivity contribution in [3.05, 3.63) is 77.2 Å². The van der Waals surface area contributed by atoms with E-state index in [1.807, 2.05) is 35.7 Å². The number of halogens is 1. The van der Waals surface area contributed by atoms with Crippen molar-refractivity contribution in [2.24, 2.45) is 0 Å². The molecule has 0 aliphatic heterocycles. The van der Waals surface area contributed by atoms with Crippen LogP contribution in [-0.4, -0.2) is 15.7 Å². The van der Waals surface area contributed by atoms with Gasteiger partial charge in [-0.25, -0.2) is 9.37 Å². The molecule has 0 amide bonds. The highest BCUT2D eigenvalue weighted by Gasteiger charge is 2.16.